The summed E-state index contributed by atoms with van der Waals surface area (Å²) in [5, 5.41) is 0. The van der Waals surface area contributed by atoms with Crippen LogP contribution in [0.5, 0.6) is 5.75 Å². The molecule has 1 aliphatic rings. The van der Waals surface area contributed by atoms with E-state index in [2.05, 4.69) is 15.0 Å². The van der Waals surface area contributed by atoms with E-state index in [-0.39, 0.29) is 6.10 Å². The molecular formula is C20H19N5O2. The molecule has 0 N–H and O–H groups in total. The lowest BCUT2D eigenvalue weighted by molar-refractivity contribution is 0.0679. The Labute approximate surface area is 156 Å². The van der Waals surface area contributed by atoms with Gasteiger partial charge in [0.15, 0.2) is 0 Å². The maximum Gasteiger partial charge on any atom is 0.140 e. The van der Waals surface area contributed by atoms with Crippen molar-refractivity contribution in [1.82, 2.24) is 24.1 Å². The minimum atomic E-state index is 0.219. The van der Waals surface area contributed by atoms with Gasteiger partial charge in [-0.3, -0.25) is 9.13 Å². The van der Waals surface area contributed by atoms with Crippen LogP contribution < -0.4 is 4.74 Å². The third-order valence-electron chi connectivity index (χ3n) is 4.76. The van der Waals surface area contributed by atoms with E-state index in [1.54, 1.807) is 18.7 Å². The number of fused-ring (bicyclic) bond motifs is 1. The third kappa shape index (κ3) is 3.17. The molecular weight excluding hydrogens is 342 g/mol. The average molecular weight is 361 g/mol. The minimum Gasteiger partial charge on any atom is -0.491 e. The number of pyridine rings is 1. The van der Waals surface area contributed by atoms with Crippen LogP contribution in [0.1, 0.15) is 12.8 Å². The highest BCUT2D eigenvalue weighted by Gasteiger charge is 2.16. The Morgan fingerprint density at radius 1 is 1.15 bits per heavy atom. The van der Waals surface area contributed by atoms with Gasteiger partial charge < -0.3 is 9.47 Å². The second-order valence-corrected chi connectivity index (χ2v) is 6.56. The van der Waals surface area contributed by atoms with E-state index < -0.39 is 0 Å². The van der Waals surface area contributed by atoms with Crippen LogP contribution >= 0.6 is 0 Å². The fourth-order valence-electron chi connectivity index (χ4n) is 3.31. The summed E-state index contributed by atoms with van der Waals surface area (Å²) in [6, 6.07) is 10.0. The lowest BCUT2D eigenvalue weighted by atomic mass is 10.2. The van der Waals surface area contributed by atoms with Crippen molar-refractivity contribution >= 4 is 11.0 Å². The summed E-state index contributed by atoms with van der Waals surface area (Å²) in [4.78, 5) is 13.0. The molecule has 1 atom stereocenters. The molecule has 1 aromatic carbocycles. The summed E-state index contributed by atoms with van der Waals surface area (Å²) in [7, 11) is 0. The van der Waals surface area contributed by atoms with Crippen molar-refractivity contribution in [3.8, 4) is 17.3 Å². The zero-order chi connectivity index (χ0) is 18.1. The van der Waals surface area contributed by atoms with Crippen LogP contribution in [-0.4, -0.2) is 43.4 Å². The number of hydrogen-bond donors (Lipinski definition) is 0. The maximum atomic E-state index is 5.85. The maximum absolute atomic E-state index is 5.85. The van der Waals surface area contributed by atoms with Crippen molar-refractivity contribution < 1.29 is 9.47 Å². The molecule has 4 heterocycles. The topological polar surface area (TPSA) is 67.0 Å². The van der Waals surface area contributed by atoms with Gasteiger partial charge in [-0.05, 0) is 37.1 Å². The van der Waals surface area contributed by atoms with Gasteiger partial charge in [-0.15, -0.1) is 0 Å². The minimum absolute atomic E-state index is 0.219. The van der Waals surface area contributed by atoms with Crippen molar-refractivity contribution in [2.45, 2.75) is 18.9 Å². The van der Waals surface area contributed by atoms with Crippen molar-refractivity contribution in [1.29, 1.82) is 0 Å². The Morgan fingerprint density at radius 3 is 2.85 bits per heavy atom. The molecule has 1 saturated heterocycles. The SMILES string of the molecule is c1cn(-c2cc3c(cn2)ncn3-c2ccc(OCC3CCCO3)cc2)cn1. The number of ether oxygens (including phenoxy) is 2. The molecule has 4 aromatic rings. The van der Waals surface area contributed by atoms with Crippen LogP contribution in [0.4, 0.5) is 0 Å². The summed E-state index contributed by atoms with van der Waals surface area (Å²) in [6.07, 6.45) is 11.3. The van der Waals surface area contributed by atoms with Gasteiger partial charge in [0.05, 0.1) is 17.8 Å². The van der Waals surface area contributed by atoms with Crippen LogP contribution in [-0.2, 0) is 4.74 Å². The number of hydrogen-bond acceptors (Lipinski definition) is 5. The molecule has 0 bridgehead atoms. The summed E-state index contributed by atoms with van der Waals surface area (Å²) in [5.41, 5.74) is 2.85. The Hall–Kier alpha value is -3.19. The second kappa shape index (κ2) is 6.85. The quantitative estimate of drug-likeness (QED) is 0.546. The number of aromatic nitrogens is 5. The largest absolute Gasteiger partial charge is 0.491 e. The molecule has 1 aliphatic heterocycles. The first-order valence-electron chi connectivity index (χ1n) is 9.03. The van der Waals surface area contributed by atoms with E-state index in [0.717, 1.165) is 47.7 Å². The van der Waals surface area contributed by atoms with Gasteiger partial charge in [0, 0.05) is 30.8 Å². The van der Waals surface area contributed by atoms with E-state index in [1.165, 1.54) is 0 Å². The molecule has 5 rings (SSSR count). The second-order valence-electron chi connectivity index (χ2n) is 6.56. The summed E-state index contributed by atoms with van der Waals surface area (Å²) < 4.78 is 15.4. The third-order valence-corrected chi connectivity index (χ3v) is 4.76. The van der Waals surface area contributed by atoms with E-state index in [1.807, 2.05) is 52.0 Å². The van der Waals surface area contributed by atoms with Gasteiger partial charge in [0.2, 0.25) is 0 Å². The Balaban J connectivity index is 1.40. The number of nitrogens with zero attached hydrogens (tertiary/aromatic N) is 5. The van der Waals surface area contributed by atoms with E-state index >= 15 is 0 Å². The molecule has 7 heteroatoms. The van der Waals surface area contributed by atoms with Crippen molar-refractivity contribution in [3.05, 3.63) is 61.6 Å². The molecule has 0 aliphatic carbocycles. The smallest absolute Gasteiger partial charge is 0.140 e. The van der Waals surface area contributed by atoms with Gasteiger partial charge >= 0.3 is 0 Å². The lowest BCUT2D eigenvalue weighted by Crippen LogP contribution is -2.16. The predicted molar refractivity (Wildman–Crippen MR) is 100 cm³/mol. The van der Waals surface area contributed by atoms with Crippen molar-refractivity contribution in [3.63, 3.8) is 0 Å². The molecule has 0 radical (unpaired) electrons. The van der Waals surface area contributed by atoms with Crippen molar-refractivity contribution in [2.75, 3.05) is 13.2 Å². The highest BCUT2D eigenvalue weighted by Crippen LogP contribution is 2.22. The van der Waals surface area contributed by atoms with E-state index in [4.69, 9.17) is 9.47 Å². The fourth-order valence-corrected chi connectivity index (χ4v) is 3.31. The van der Waals surface area contributed by atoms with Gasteiger partial charge in [-0.25, -0.2) is 15.0 Å². The molecule has 0 saturated carbocycles. The zero-order valence-corrected chi connectivity index (χ0v) is 14.7. The molecule has 7 nitrogen and oxygen atoms in total. The van der Waals surface area contributed by atoms with Gasteiger partial charge in [0.25, 0.3) is 0 Å². The molecule has 3 aromatic heterocycles. The van der Waals surface area contributed by atoms with Gasteiger partial charge in [-0.2, -0.15) is 0 Å². The summed E-state index contributed by atoms with van der Waals surface area (Å²) >= 11 is 0. The van der Waals surface area contributed by atoms with Crippen LogP contribution in [0.3, 0.4) is 0 Å². The molecule has 0 spiro atoms. The number of imidazole rings is 2. The Morgan fingerprint density at radius 2 is 2.07 bits per heavy atom. The first-order chi connectivity index (χ1) is 13.4. The highest BCUT2D eigenvalue weighted by atomic mass is 16.5. The van der Waals surface area contributed by atoms with Crippen LogP contribution in [0.2, 0.25) is 0 Å². The van der Waals surface area contributed by atoms with Gasteiger partial charge in [0.1, 0.15) is 36.3 Å². The van der Waals surface area contributed by atoms with Crippen LogP contribution in [0, 0.1) is 0 Å². The molecule has 1 unspecified atom stereocenters. The zero-order valence-electron chi connectivity index (χ0n) is 14.7. The highest BCUT2D eigenvalue weighted by molar-refractivity contribution is 5.78. The van der Waals surface area contributed by atoms with E-state index in [0.29, 0.717) is 6.61 Å². The molecule has 27 heavy (non-hydrogen) atoms. The molecule has 136 valence electrons. The summed E-state index contributed by atoms with van der Waals surface area (Å²) in [6.45, 7) is 1.45. The first kappa shape index (κ1) is 16.0. The van der Waals surface area contributed by atoms with Crippen molar-refractivity contribution in [2.24, 2.45) is 0 Å². The fraction of sp³-hybridized carbons (Fsp3) is 0.250. The Bertz CT molecular complexity index is 1030. The molecule has 1 fully saturated rings. The summed E-state index contributed by atoms with van der Waals surface area (Å²) in [5.74, 6) is 1.65. The normalized spacial score (nSPS) is 16.8. The Kier molecular flexibility index (Phi) is 4.06. The lowest BCUT2D eigenvalue weighted by Gasteiger charge is -2.12. The predicted octanol–water partition coefficient (Wildman–Crippen LogP) is 3.16. The number of rotatable bonds is 5. The van der Waals surface area contributed by atoms with Crippen LogP contribution in [0.15, 0.2) is 61.6 Å². The number of benzene rings is 1. The molecule has 0 amide bonds. The average Bonchev–Trinajstić information content (AvgIpc) is 3.48. The standard InChI is InChI=1S/C20H19N5O2/c1-2-17(26-9-1)12-27-16-5-3-15(4-6-16)25-14-23-18-11-22-20(10-19(18)25)24-8-7-21-13-24/h3-8,10-11,13-14,17H,1-2,9,12H2. The monoisotopic (exact) mass is 361 g/mol. The van der Waals surface area contributed by atoms with E-state index in [9.17, 15) is 0 Å². The van der Waals surface area contributed by atoms with Gasteiger partial charge in [-0.1, -0.05) is 0 Å². The van der Waals surface area contributed by atoms with Crippen LogP contribution in [0.25, 0.3) is 22.5 Å². The first-order valence-corrected chi connectivity index (χ1v) is 9.03.